The van der Waals surface area contributed by atoms with Crippen molar-refractivity contribution < 1.29 is 4.39 Å². The molecule has 162 valence electrons. The van der Waals surface area contributed by atoms with Gasteiger partial charge in [-0.1, -0.05) is 18.2 Å². The summed E-state index contributed by atoms with van der Waals surface area (Å²) in [7, 11) is 2.13. The van der Waals surface area contributed by atoms with E-state index in [0.29, 0.717) is 23.7 Å². The molecule has 3 N–H and O–H groups in total. The van der Waals surface area contributed by atoms with Gasteiger partial charge in [0.2, 0.25) is 5.95 Å². The van der Waals surface area contributed by atoms with Crippen molar-refractivity contribution in [3.8, 4) is 6.07 Å². The van der Waals surface area contributed by atoms with Crippen LogP contribution in [-0.2, 0) is 0 Å². The van der Waals surface area contributed by atoms with Crippen molar-refractivity contribution in [1.29, 1.82) is 10.7 Å². The van der Waals surface area contributed by atoms with Gasteiger partial charge in [-0.3, -0.25) is 5.41 Å². The monoisotopic (exact) mass is 420 g/mol. The number of hydrogen-bond acceptors (Lipinski definition) is 5. The maximum Gasteiger partial charge on any atom is 0.214 e. The van der Waals surface area contributed by atoms with E-state index in [1.807, 2.05) is 25.1 Å². The van der Waals surface area contributed by atoms with Gasteiger partial charge in [0.15, 0.2) is 0 Å². The number of benzene rings is 1. The van der Waals surface area contributed by atoms with Gasteiger partial charge in [-0.05, 0) is 50.8 Å². The topological polar surface area (TPSA) is 87.8 Å². The summed E-state index contributed by atoms with van der Waals surface area (Å²) in [6.07, 6.45) is 7.29. The minimum absolute atomic E-state index is 0.169. The fraction of sp³-hybridized carbons (Fsp3) is 0.375. The van der Waals surface area contributed by atoms with E-state index in [2.05, 4.69) is 45.8 Å². The lowest BCUT2D eigenvalue weighted by molar-refractivity contribution is 0.239. The first kappa shape index (κ1) is 22.3. The first-order valence-corrected chi connectivity index (χ1v) is 10.5. The van der Waals surface area contributed by atoms with Crippen molar-refractivity contribution in [3.05, 3.63) is 66.4 Å². The number of pyridine rings is 1. The summed E-state index contributed by atoms with van der Waals surface area (Å²) < 4.78 is 13.3. The van der Waals surface area contributed by atoms with Crippen LogP contribution in [0.15, 0.2) is 60.4 Å². The van der Waals surface area contributed by atoms with E-state index in [1.54, 1.807) is 12.3 Å². The zero-order valence-corrected chi connectivity index (χ0v) is 18.0. The number of nitrogens with zero attached hydrogens (tertiary/aromatic N) is 3. The molecule has 0 radical (unpaired) electrons. The number of nitrogens with one attached hydrogen (secondary N) is 3. The molecule has 1 saturated carbocycles. The molecule has 6 nitrogen and oxygen atoms in total. The smallest absolute Gasteiger partial charge is 0.214 e. The van der Waals surface area contributed by atoms with Crippen LogP contribution >= 0.6 is 0 Å². The van der Waals surface area contributed by atoms with Crippen molar-refractivity contribution in [3.63, 3.8) is 0 Å². The van der Waals surface area contributed by atoms with Crippen LogP contribution in [0.5, 0.6) is 0 Å². The second kappa shape index (κ2) is 10.1. The Morgan fingerprint density at radius 1 is 1.32 bits per heavy atom. The zero-order valence-electron chi connectivity index (χ0n) is 18.0. The zero-order chi connectivity index (χ0) is 22.3. The van der Waals surface area contributed by atoms with Crippen LogP contribution in [-0.4, -0.2) is 29.4 Å². The predicted octanol–water partition coefficient (Wildman–Crippen LogP) is 4.83. The van der Waals surface area contributed by atoms with Crippen LogP contribution in [0.1, 0.15) is 39.0 Å². The molecule has 1 aliphatic rings. The van der Waals surface area contributed by atoms with Crippen LogP contribution in [0.2, 0.25) is 0 Å². The van der Waals surface area contributed by atoms with Gasteiger partial charge in [0.25, 0.3) is 0 Å². The molecule has 1 aromatic heterocycles. The molecular weight excluding hydrogens is 391 g/mol. The highest BCUT2D eigenvalue weighted by Gasteiger charge is 2.35. The molecule has 0 saturated heterocycles. The Hall–Kier alpha value is -3.40. The second-order valence-electron chi connectivity index (χ2n) is 8.13. The molecule has 0 spiro atoms. The quantitative estimate of drug-likeness (QED) is 0.339. The molecule has 2 aromatic rings. The minimum Gasteiger partial charge on any atom is -0.384 e. The van der Waals surface area contributed by atoms with E-state index in [4.69, 9.17) is 5.41 Å². The second-order valence-corrected chi connectivity index (χ2v) is 8.13. The standard InChI is InChI=1S/C24H29FN6/c1-18(23(27)30-19-10-15-28-22(25)16-19)17-29-24(13-14-26)11-8-21(9-12-24)31(2)20-6-4-3-5-7-20/h3-7,10,15-17,21,29H,8-9,11-13H2,1-2H3,(H2,27,28,30)/b18-17-. The van der Waals surface area contributed by atoms with Gasteiger partial charge in [0.1, 0.15) is 5.84 Å². The Labute approximate surface area is 183 Å². The highest BCUT2D eigenvalue weighted by molar-refractivity contribution is 6.05. The summed E-state index contributed by atoms with van der Waals surface area (Å²) >= 11 is 0. The number of amidine groups is 1. The molecule has 7 heteroatoms. The number of aromatic nitrogens is 1. The molecule has 0 unspecified atom stereocenters. The number of anilines is 2. The van der Waals surface area contributed by atoms with Crippen LogP contribution in [0.25, 0.3) is 0 Å². The summed E-state index contributed by atoms with van der Waals surface area (Å²) in [6.45, 7) is 1.81. The maximum absolute atomic E-state index is 13.3. The van der Waals surface area contributed by atoms with Crippen molar-refractivity contribution in [2.75, 3.05) is 17.3 Å². The van der Waals surface area contributed by atoms with Gasteiger partial charge < -0.3 is 15.5 Å². The van der Waals surface area contributed by atoms with Crippen LogP contribution in [0.3, 0.4) is 0 Å². The molecule has 0 bridgehead atoms. The molecule has 1 aliphatic carbocycles. The Bertz CT molecular complexity index is 958. The summed E-state index contributed by atoms with van der Waals surface area (Å²) in [5.74, 6) is -0.425. The normalized spacial score (nSPS) is 21.1. The SMILES string of the molecule is C/C(=C/NC1(CC#N)CCC(N(C)c2ccccc2)CC1)C(=N)Nc1ccnc(F)c1. The molecule has 3 rings (SSSR count). The molecule has 0 amide bonds. The van der Waals surface area contributed by atoms with Crippen molar-refractivity contribution in [2.45, 2.75) is 50.6 Å². The van der Waals surface area contributed by atoms with Crippen LogP contribution < -0.4 is 15.5 Å². The van der Waals surface area contributed by atoms with Gasteiger partial charge in [0, 0.05) is 54.0 Å². The third-order valence-electron chi connectivity index (χ3n) is 6.03. The molecule has 31 heavy (non-hydrogen) atoms. The first-order valence-electron chi connectivity index (χ1n) is 10.5. The van der Waals surface area contributed by atoms with E-state index in [1.165, 1.54) is 18.0 Å². The summed E-state index contributed by atoms with van der Waals surface area (Å²) in [5, 5.41) is 24.0. The average Bonchev–Trinajstić information content (AvgIpc) is 2.78. The van der Waals surface area contributed by atoms with E-state index in [0.717, 1.165) is 25.7 Å². The summed E-state index contributed by atoms with van der Waals surface area (Å²) in [4.78, 5) is 5.84. The number of para-hydroxylation sites is 1. The summed E-state index contributed by atoms with van der Waals surface area (Å²) in [6, 6.07) is 16.0. The van der Waals surface area contributed by atoms with E-state index < -0.39 is 5.95 Å². The Morgan fingerprint density at radius 2 is 2.03 bits per heavy atom. The van der Waals surface area contributed by atoms with Gasteiger partial charge in [-0.15, -0.1) is 0 Å². The van der Waals surface area contributed by atoms with E-state index in [-0.39, 0.29) is 11.4 Å². The highest BCUT2D eigenvalue weighted by atomic mass is 19.1. The number of halogens is 1. The molecule has 1 aromatic carbocycles. The lowest BCUT2D eigenvalue weighted by Gasteiger charge is -2.42. The van der Waals surface area contributed by atoms with E-state index in [9.17, 15) is 9.65 Å². The predicted molar refractivity (Wildman–Crippen MR) is 122 cm³/mol. The largest absolute Gasteiger partial charge is 0.384 e. The molecule has 1 fully saturated rings. The Balaban J connectivity index is 1.61. The number of hydrogen-bond donors (Lipinski definition) is 3. The van der Waals surface area contributed by atoms with Gasteiger partial charge >= 0.3 is 0 Å². The van der Waals surface area contributed by atoms with Crippen molar-refractivity contribution in [2.24, 2.45) is 0 Å². The van der Waals surface area contributed by atoms with Crippen molar-refractivity contribution >= 4 is 17.2 Å². The fourth-order valence-electron chi connectivity index (χ4n) is 4.00. The van der Waals surface area contributed by atoms with E-state index >= 15 is 0 Å². The average molecular weight is 421 g/mol. The van der Waals surface area contributed by atoms with Crippen LogP contribution in [0, 0.1) is 22.7 Å². The number of nitriles is 1. The Morgan fingerprint density at radius 3 is 2.68 bits per heavy atom. The number of rotatable bonds is 7. The maximum atomic E-state index is 13.3. The molecular formula is C24H29FN6. The van der Waals surface area contributed by atoms with Gasteiger partial charge in [-0.25, -0.2) is 4.98 Å². The van der Waals surface area contributed by atoms with Crippen molar-refractivity contribution in [1.82, 2.24) is 10.3 Å². The molecule has 0 aliphatic heterocycles. The van der Waals surface area contributed by atoms with Gasteiger partial charge in [-0.2, -0.15) is 9.65 Å². The highest BCUT2D eigenvalue weighted by Crippen LogP contribution is 2.34. The molecule has 0 atom stereocenters. The first-order chi connectivity index (χ1) is 14.9. The van der Waals surface area contributed by atoms with Crippen LogP contribution in [0.4, 0.5) is 15.8 Å². The summed E-state index contributed by atoms with van der Waals surface area (Å²) in [5.41, 5.74) is 2.06. The third-order valence-corrected chi connectivity index (χ3v) is 6.03. The van der Waals surface area contributed by atoms with Gasteiger partial charge in [0.05, 0.1) is 12.5 Å². The lowest BCUT2D eigenvalue weighted by atomic mass is 9.77. The molecule has 1 heterocycles. The Kier molecular flexibility index (Phi) is 7.24. The minimum atomic E-state index is -0.595. The third kappa shape index (κ3) is 5.82. The lowest BCUT2D eigenvalue weighted by Crippen LogP contribution is -2.49. The fourth-order valence-corrected chi connectivity index (χ4v) is 4.00.